The molecule has 4 N–H and O–H groups in total. The number of nitrogens with one attached hydrogen (secondary N) is 3. The summed E-state index contributed by atoms with van der Waals surface area (Å²) in [4.78, 5) is 69.3. The quantitative estimate of drug-likeness (QED) is 0.0988. The molecular formula is C19H25N7O6S3. The van der Waals surface area contributed by atoms with Crippen LogP contribution in [-0.2, 0) is 21.4 Å². The minimum absolute atomic E-state index is 0.0708. The second-order valence-corrected chi connectivity index (χ2v) is 10.3. The number of carboxylic acids is 1. The first kappa shape index (κ1) is 26.9. The Labute approximate surface area is 212 Å². The highest BCUT2D eigenvalue weighted by atomic mass is 32.2. The molecule has 1 saturated heterocycles. The average Bonchev–Trinajstić information content (AvgIpc) is 2.81. The third kappa shape index (κ3) is 6.10. The summed E-state index contributed by atoms with van der Waals surface area (Å²) in [6.45, 7) is 5.05. The molecule has 2 amide bonds. The van der Waals surface area contributed by atoms with Gasteiger partial charge in [-0.1, -0.05) is 23.5 Å². The van der Waals surface area contributed by atoms with Crippen LogP contribution in [0.5, 0.6) is 0 Å². The van der Waals surface area contributed by atoms with Crippen LogP contribution in [-0.4, -0.2) is 89.5 Å². The summed E-state index contributed by atoms with van der Waals surface area (Å²) in [6.07, 6.45) is 0. The topological polar surface area (TPSA) is 179 Å². The molecule has 0 spiro atoms. The van der Waals surface area contributed by atoms with Crippen molar-refractivity contribution in [3.63, 3.8) is 0 Å². The minimum Gasteiger partial charge on any atom is -0.477 e. The standard InChI is InChI=1S/C19H25N7O6S3/c1-4-20-18(21-5-2)34-8-10(27)22-11-15(30)26-12(17(31)32)9(6-33-16(11)26)7-35-19-23-13(28)14(29)24-25(19)3/h11,16H,4-8H2,1-3H3,(H,20,21)(H,22,27)(H,24,29)(H,31,32). The number of thioether (sulfide) groups is 3. The van der Waals surface area contributed by atoms with Gasteiger partial charge in [-0.15, -0.1) is 11.8 Å². The van der Waals surface area contributed by atoms with Gasteiger partial charge >= 0.3 is 17.1 Å². The van der Waals surface area contributed by atoms with Crippen molar-refractivity contribution in [1.82, 2.24) is 30.3 Å². The fraction of sp³-hybridized carbons (Fsp3) is 0.526. The summed E-state index contributed by atoms with van der Waals surface area (Å²) in [5, 5.41) is 18.2. The highest BCUT2D eigenvalue weighted by Gasteiger charge is 2.54. The lowest BCUT2D eigenvalue weighted by molar-refractivity contribution is -0.150. The van der Waals surface area contributed by atoms with E-state index >= 15 is 0 Å². The molecule has 13 nitrogen and oxygen atoms in total. The number of rotatable bonds is 9. The van der Waals surface area contributed by atoms with Gasteiger partial charge in [0.15, 0.2) is 10.3 Å². The van der Waals surface area contributed by atoms with Crippen molar-refractivity contribution in [2.75, 3.05) is 30.3 Å². The number of carboxylic acid groups (broad SMARTS) is 1. The molecule has 0 aliphatic carbocycles. The highest BCUT2D eigenvalue weighted by Crippen LogP contribution is 2.41. The number of fused-ring (bicyclic) bond motifs is 1. The minimum atomic E-state index is -1.26. The largest absolute Gasteiger partial charge is 0.477 e. The van der Waals surface area contributed by atoms with Crippen molar-refractivity contribution in [1.29, 1.82) is 0 Å². The molecule has 3 heterocycles. The Kier molecular flexibility index (Phi) is 9.07. The van der Waals surface area contributed by atoms with E-state index in [1.807, 2.05) is 13.8 Å². The number of carbonyl (C=O) groups is 3. The lowest BCUT2D eigenvalue weighted by Gasteiger charge is -2.49. The number of aliphatic imine (C=N–C) groups is 1. The van der Waals surface area contributed by atoms with Gasteiger partial charge in [0.05, 0.1) is 5.75 Å². The number of amidine groups is 1. The normalized spacial score (nSPS) is 19.8. The molecule has 1 aromatic heterocycles. The van der Waals surface area contributed by atoms with E-state index in [1.54, 1.807) is 0 Å². The molecule has 16 heteroatoms. The molecule has 35 heavy (non-hydrogen) atoms. The first-order chi connectivity index (χ1) is 16.7. The number of β-lactam (4-membered cyclic amide) rings is 1. The molecule has 2 aliphatic rings. The summed E-state index contributed by atoms with van der Waals surface area (Å²) < 4.78 is 1.28. The zero-order valence-electron chi connectivity index (χ0n) is 19.2. The van der Waals surface area contributed by atoms with Crippen LogP contribution in [0.3, 0.4) is 0 Å². The van der Waals surface area contributed by atoms with Crippen LogP contribution in [0.1, 0.15) is 13.8 Å². The first-order valence-electron chi connectivity index (χ1n) is 10.6. The van der Waals surface area contributed by atoms with Gasteiger partial charge in [0, 0.05) is 31.6 Å². The molecule has 0 bridgehead atoms. The number of hydrogen-bond donors (Lipinski definition) is 4. The number of aromatic nitrogens is 3. The van der Waals surface area contributed by atoms with Crippen molar-refractivity contribution >= 4 is 58.2 Å². The molecule has 1 aromatic rings. The summed E-state index contributed by atoms with van der Waals surface area (Å²) in [6, 6.07) is -0.816. The van der Waals surface area contributed by atoms with Crippen LogP contribution in [0.4, 0.5) is 0 Å². The second kappa shape index (κ2) is 11.8. The van der Waals surface area contributed by atoms with Crippen LogP contribution >= 0.6 is 35.3 Å². The number of H-pyrrole nitrogens is 1. The van der Waals surface area contributed by atoms with E-state index in [1.165, 1.54) is 40.2 Å². The molecule has 2 aliphatic heterocycles. The van der Waals surface area contributed by atoms with E-state index in [2.05, 4.69) is 25.7 Å². The molecule has 0 aromatic carbocycles. The Hall–Kier alpha value is -2.72. The summed E-state index contributed by atoms with van der Waals surface area (Å²) in [5.41, 5.74) is -1.45. The van der Waals surface area contributed by atoms with E-state index in [4.69, 9.17) is 0 Å². The van der Waals surface area contributed by atoms with Crippen molar-refractivity contribution in [2.45, 2.75) is 30.4 Å². The van der Waals surface area contributed by atoms with Gasteiger partial charge in [0.2, 0.25) is 5.91 Å². The fourth-order valence-electron chi connectivity index (χ4n) is 3.33. The average molecular weight is 544 g/mol. The predicted octanol–water partition coefficient (Wildman–Crippen LogP) is -0.982. The number of amides is 2. The first-order valence-corrected chi connectivity index (χ1v) is 13.6. The maximum absolute atomic E-state index is 12.8. The lowest BCUT2D eigenvalue weighted by atomic mass is 10.0. The highest BCUT2D eigenvalue weighted by molar-refractivity contribution is 8.14. The predicted molar refractivity (Wildman–Crippen MR) is 135 cm³/mol. The number of nitrogens with zero attached hydrogens (tertiary/aromatic N) is 4. The molecule has 2 atom stereocenters. The number of aliphatic carboxylic acids is 1. The smallest absolute Gasteiger partial charge is 0.352 e. The van der Waals surface area contributed by atoms with Gasteiger partial charge in [-0.2, -0.15) is 4.98 Å². The van der Waals surface area contributed by atoms with Crippen LogP contribution in [0, 0.1) is 0 Å². The zero-order valence-corrected chi connectivity index (χ0v) is 21.6. The van der Waals surface area contributed by atoms with Crippen molar-refractivity contribution < 1.29 is 19.5 Å². The fourth-order valence-corrected chi connectivity index (χ4v) is 6.55. The maximum Gasteiger partial charge on any atom is 0.352 e. The summed E-state index contributed by atoms with van der Waals surface area (Å²) >= 11 is 3.66. The van der Waals surface area contributed by atoms with Gasteiger partial charge in [0.25, 0.3) is 5.91 Å². The number of carbonyl (C=O) groups excluding carboxylic acids is 2. The molecule has 190 valence electrons. The van der Waals surface area contributed by atoms with E-state index in [9.17, 15) is 29.1 Å². The monoisotopic (exact) mass is 543 g/mol. The Bertz CT molecular complexity index is 1190. The molecule has 3 rings (SSSR count). The Morgan fingerprint density at radius 3 is 2.71 bits per heavy atom. The SMILES string of the molecule is CCN=C(NCC)SCC(=O)NC1C(=O)N2C(C(=O)O)=C(CSc3nc(=O)c(=O)[nH]n3C)CSC12. The van der Waals surface area contributed by atoms with Crippen molar-refractivity contribution in [3.8, 4) is 0 Å². The van der Waals surface area contributed by atoms with Crippen LogP contribution in [0.2, 0.25) is 0 Å². The van der Waals surface area contributed by atoms with Gasteiger partial charge in [-0.25, -0.2) is 4.79 Å². The maximum atomic E-state index is 12.8. The van der Waals surface area contributed by atoms with Crippen molar-refractivity contribution in [2.24, 2.45) is 12.0 Å². The summed E-state index contributed by atoms with van der Waals surface area (Å²) in [5.74, 6) is -1.56. The van der Waals surface area contributed by atoms with Crippen molar-refractivity contribution in [3.05, 3.63) is 32.0 Å². The van der Waals surface area contributed by atoms with Crippen LogP contribution in [0.25, 0.3) is 0 Å². The van der Waals surface area contributed by atoms with Gasteiger partial charge in [-0.3, -0.25) is 38.9 Å². The number of aryl methyl sites for hydroxylation is 1. The number of hydrogen-bond acceptors (Lipinski definition) is 10. The van der Waals surface area contributed by atoms with E-state index in [0.29, 0.717) is 29.6 Å². The van der Waals surface area contributed by atoms with Crippen LogP contribution in [0.15, 0.2) is 31.0 Å². The third-order valence-corrected chi connectivity index (χ3v) is 8.27. The molecule has 0 saturated carbocycles. The Morgan fingerprint density at radius 2 is 2.06 bits per heavy atom. The molecule has 1 fully saturated rings. The second-order valence-electron chi connectivity index (χ2n) is 7.30. The number of aromatic amines is 1. The van der Waals surface area contributed by atoms with E-state index in [0.717, 1.165) is 11.8 Å². The molecule has 2 unspecified atom stereocenters. The van der Waals surface area contributed by atoms with E-state index < -0.39 is 34.4 Å². The molecular weight excluding hydrogens is 518 g/mol. The van der Waals surface area contributed by atoms with Gasteiger partial charge in [-0.05, 0) is 19.4 Å². The lowest BCUT2D eigenvalue weighted by Crippen LogP contribution is -2.70. The molecule has 0 radical (unpaired) electrons. The van der Waals surface area contributed by atoms with Gasteiger partial charge in [0.1, 0.15) is 17.1 Å². The zero-order chi connectivity index (χ0) is 25.7. The van der Waals surface area contributed by atoms with Gasteiger partial charge < -0.3 is 15.7 Å². The summed E-state index contributed by atoms with van der Waals surface area (Å²) in [7, 11) is 1.51. The Balaban J connectivity index is 1.67. The van der Waals surface area contributed by atoms with E-state index in [-0.39, 0.29) is 28.3 Å². The third-order valence-electron chi connectivity index (χ3n) is 4.86. The Morgan fingerprint density at radius 1 is 1.31 bits per heavy atom. The van der Waals surface area contributed by atoms with Crippen LogP contribution < -0.4 is 21.8 Å².